The van der Waals surface area contributed by atoms with Gasteiger partial charge in [-0.15, -0.1) is 0 Å². The summed E-state index contributed by atoms with van der Waals surface area (Å²) in [6.45, 7) is 1.88. The van der Waals surface area contributed by atoms with Gasteiger partial charge in [0.05, 0.1) is 4.90 Å². The van der Waals surface area contributed by atoms with Crippen molar-refractivity contribution in [3.63, 3.8) is 0 Å². The van der Waals surface area contributed by atoms with Crippen molar-refractivity contribution < 1.29 is 13.2 Å². The number of carbonyl (C=O) groups is 1. The molecule has 6 heteroatoms. The van der Waals surface area contributed by atoms with E-state index in [1.165, 1.54) is 24.0 Å². The van der Waals surface area contributed by atoms with Crippen LogP contribution in [-0.2, 0) is 34.1 Å². The number of benzene rings is 2. The van der Waals surface area contributed by atoms with Crippen LogP contribution in [0.15, 0.2) is 41.3 Å². The zero-order valence-electron chi connectivity index (χ0n) is 15.4. The number of hydrogen-bond acceptors (Lipinski definition) is 3. The molecule has 1 amide bonds. The Morgan fingerprint density at radius 2 is 1.70 bits per heavy atom. The maximum atomic E-state index is 12.9. The number of rotatable bonds is 4. The van der Waals surface area contributed by atoms with E-state index < -0.39 is 10.0 Å². The third kappa shape index (κ3) is 3.77. The summed E-state index contributed by atoms with van der Waals surface area (Å²) >= 11 is 0. The smallest absolute Gasteiger partial charge is 0.241 e. The molecule has 4 rings (SSSR count). The lowest BCUT2D eigenvalue weighted by atomic mass is 9.89. The van der Waals surface area contributed by atoms with E-state index in [-0.39, 0.29) is 16.8 Å². The molecule has 1 aliphatic carbocycles. The Morgan fingerprint density at radius 1 is 0.926 bits per heavy atom. The molecule has 0 bridgehead atoms. The first-order valence-electron chi connectivity index (χ1n) is 9.49. The van der Waals surface area contributed by atoms with E-state index in [4.69, 9.17) is 0 Å². The fourth-order valence-electron chi connectivity index (χ4n) is 3.92. The Kier molecular flexibility index (Phi) is 4.78. The Morgan fingerprint density at radius 3 is 2.52 bits per heavy atom. The molecule has 1 heterocycles. The van der Waals surface area contributed by atoms with Crippen molar-refractivity contribution in [3.05, 3.63) is 58.7 Å². The molecule has 27 heavy (non-hydrogen) atoms. The molecule has 0 spiro atoms. The molecule has 5 nitrogen and oxygen atoms in total. The molecular weight excluding hydrogens is 360 g/mol. The zero-order chi connectivity index (χ0) is 19.0. The SMILES string of the molecule is C[C@@H](NS(=O)(=O)c1ccc2c(c1)CCC(=O)N2)c1ccc2c(c1)CCCC2. The van der Waals surface area contributed by atoms with E-state index in [2.05, 4.69) is 22.2 Å². The molecule has 2 aliphatic rings. The highest BCUT2D eigenvalue weighted by Crippen LogP contribution is 2.28. The zero-order valence-corrected chi connectivity index (χ0v) is 16.2. The lowest BCUT2D eigenvalue weighted by Crippen LogP contribution is -2.27. The van der Waals surface area contributed by atoms with Gasteiger partial charge in [-0.2, -0.15) is 0 Å². The number of nitrogens with one attached hydrogen (secondary N) is 2. The van der Waals surface area contributed by atoms with E-state index >= 15 is 0 Å². The van der Waals surface area contributed by atoms with E-state index in [0.29, 0.717) is 18.5 Å². The predicted molar refractivity (Wildman–Crippen MR) is 105 cm³/mol. The van der Waals surface area contributed by atoms with Crippen LogP contribution in [-0.4, -0.2) is 14.3 Å². The second kappa shape index (κ2) is 7.09. The Labute approximate surface area is 160 Å². The predicted octanol–water partition coefficient (Wildman–Crippen LogP) is 3.49. The number of carbonyl (C=O) groups excluding carboxylic acids is 1. The van der Waals surface area contributed by atoms with E-state index in [9.17, 15) is 13.2 Å². The molecule has 0 unspecified atom stereocenters. The van der Waals surface area contributed by atoms with Gasteiger partial charge in [0.2, 0.25) is 15.9 Å². The van der Waals surface area contributed by atoms with Gasteiger partial charge in [-0.1, -0.05) is 18.2 Å². The molecule has 2 aromatic carbocycles. The third-order valence-corrected chi connectivity index (χ3v) is 7.03. The van der Waals surface area contributed by atoms with Crippen LogP contribution in [0.2, 0.25) is 0 Å². The van der Waals surface area contributed by atoms with Crippen molar-refractivity contribution in [2.45, 2.75) is 56.4 Å². The van der Waals surface area contributed by atoms with E-state index in [1.54, 1.807) is 18.2 Å². The average Bonchev–Trinajstić information content (AvgIpc) is 2.66. The molecule has 0 radical (unpaired) electrons. The topological polar surface area (TPSA) is 75.3 Å². The van der Waals surface area contributed by atoms with Gasteiger partial charge >= 0.3 is 0 Å². The molecular formula is C21H24N2O3S. The van der Waals surface area contributed by atoms with Gasteiger partial charge in [-0.05, 0) is 79.5 Å². The molecule has 1 atom stereocenters. The highest BCUT2D eigenvalue weighted by atomic mass is 32.2. The third-order valence-electron chi connectivity index (χ3n) is 5.49. The molecule has 2 aromatic rings. The first-order valence-corrected chi connectivity index (χ1v) is 11.0. The minimum atomic E-state index is -3.64. The quantitative estimate of drug-likeness (QED) is 0.847. The van der Waals surface area contributed by atoms with Gasteiger partial charge in [-0.25, -0.2) is 13.1 Å². The molecule has 0 aromatic heterocycles. The number of anilines is 1. The van der Waals surface area contributed by atoms with Crippen molar-refractivity contribution in [3.8, 4) is 0 Å². The van der Waals surface area contributed by atoms with Gasteiger partial charge in [0.1, 0.15) is 0 Å². The minimum absolute atomic E-state index is 0.0303. The summed E-state index contributed by atoms with van der Waals surface area (Å²) < 4.78 is 28.5. The van der Waals surface area contributed by atoms with Crippen LogP contribution >= 0.6 is 0 Å². The molecule has 0 fully saturated rings. The van der Waals surface area contributed by atoms with Crippen LogP contribution in [0.3, 0.4) is 0 Å². The summed E-state index contributed by atoms with van der Waals surface area (Å²) in [7, 11) is -3.64. The number of sulfonamides is 1. The largest absolute Gasteiger partial charge is 0.326 e. The Balaban J connectivity index is 1.55. The van der Waals surface area contributed by atoms with E-state index in [0.717, 1.165) is 24.0 Å². The number of hydrogen-bond donors (Lipinski definition) is 2. The highest BCUT2D eigenvalue weighted by Gasteiger charge is 2.22. The van der Waals surface area contributed by atoms with Crippen LogP contribution in [0.5, 0.6) is 0 Å². The second-order valence-corrected chi connectivity index (χ2v) is 9.16. The fraction of sp³-hybridized carbons (Fsp3) is 0.381. The first kappa shape index (κ1) is 18.2. The maximum Gasteiger partial charge on any atom is 0.241 e. The molecule has 0 saturated heterocycles. The van der Waals surface area contributed by atoms with Gasteiger partial charge in [-0.3, -0.25) is 4.79 Å². The summed E-state index contributed by atoms with van der Waals surface area (Å²) in [6, 6.07) is 10.9. The summed E-state index contributed by atoms with van der Waals surface area (Å²) in [5.41, 5.74) is 5.28. The highest BCUT2D eigenvalue weighted by molar-refractivity contribution is 7.89. The molecule has 2 N–H and O–H groups in total. The lowest BCUT2D eigenvalue weighted by molar-refractivity contribution is -0.116. The summed E-state index contributed by atoms with van der Waals surface area (Å²) in [5, 5.41) is 2.78. The second-order valence-electron chi connectivity index (χ2n) is 7.45. The van der Waals surface area contributed by atoms with Crippen LogP contribution in [0.1, 0.15) is 54.5 Å². The van der Waals surface area contributed by atoms with Gasteiger partial charge < -0.3 is 5.32 Å². The van der Waals surface area contributed by atoms with Crippen LogP contribution in [0, 0.1) is 0 Å². The van der Waals surface area contributed by atoms with Crippen molar-refractivity contribution in [2.24, 2.45) is 0 Å². The number of fused-ring (bicyclic) bond motifs is 2. The first-order chi connectivity index (χ1) is 12.9. The number of aryl methyl sites for hydroxylation is 3. The standard InChI is InChI=1S/C21H24N2O3S/c1-14(16-7-6-15-4-2-3-5-17(15)12-16)23-27(25,26)19-9-10-20-18(13-19)8-11-21(24)22-20/h6-7,9-10,12-14,23H,2-5,8,11H2,1H3,(H,22,24)/t14-/m1/s1. The minimum Gasteiger partial charge on any atom is -0.326 e. The van der Waals surface area contributed by atoms with Gasteiger partial charge in [0, 0.05) is 18.2 Å². The average molecular weight is 385 g/mol. The van der Waals surface area contributed by atoms with Crippen molar-refractivity contribution in [1.29, 1.82) is 0 Å². The normalized spacial score (nSPS) is 17.6. The monoisotopic (exact) mass is 384 g/mol. The molecule has 0 saturated carbocycles. The van der Waals surface area contributed by atoms with Crippen molar-refractivity contribution in [1.82, 2.24) is 4.72 Å². The van der Waals surface area contributed by atoms with E-state index in [1.807, 2.05) is 13.0 Å². The summed E-state index contributed by atoms with van der Waals surface area (Å²) in [5.74, 6) is -0.0303. The van der Waals surface area contributed by atoms with Crippen molar-refractivity contribution in [2.75, 3.05) is 5.32 Å². The lowest BCUT2D eigenvalue weighted by Gasteiger charge is -2.21. The van der Waals surface area contributed by atoms with Crippen molar-refractivity contribution >= 4 is 21.6 Å². The molecule has 142 valence electrons. The summed E-state index contributed by atoms with van der Waals surface area (Å²) in [6.07, 6.45) is 5.55. The fourth-order valence-corrected chi connectivity index (χ4v) is 5.20. The number of amides is 1. The van der Waals surface area contributed by atoms with Crippen LogP contribution < -0.4 is 10.0 Å². The van der Waals surface area contributed by atoms with Crippen LogP contribution in [0.25, 0.3) is 0 Å². The van der Waals surface area contributed by atoms with Gasteiger partial charge in [0.15, 0.2) is 0 Å². The van der Waals surface area contributed by atoms with Crippen LogP contribution in [0.4, 0.5) is 5.69 Å². The summed E-state index contributed by atoms with van der Waals surface area (Å²) in [4.78, 5) is 11.7. The molecule has 1 aliphatic heterocycles. The Hall–Kier alpha value is -2.18. The Bertz CT molecular complexity index is 998. The maximum absolute atomic E-state index is 12.9. The van der Waals surface area contributed by atoms with Gasteiger partial charge in [0.25, 0.3) is 0 Å².